The van der Waals surface area contributed by atoms with Crippen molar-refractivity contribution in [2.45, 2.75) is 64.3 Å². The average molecular weight is 383 g/mol. The summed E-state index contributed by atoms with van der Waals surface area (Å²) in [5.74, 6) is 0.995. The van der Waals surface area contributed by atoms with Crippen LogP contribution in [-0.2, 0) is 0 Å². The van der Waals surface area contributed by atoms with Gasteiger partial charge in [0.05, 0.1) is 0 Å². The van der Waals surface area contributed by atoms with Crippen molar-refractivity contribution in [3.8, 4) is 11.4 Å². The quantitative estimate of drug-likeness (QED) is 0.847. The van der Waals surface area contributed by atoms with E-state index in [-0.39, 0.29) is 17.8 Å². The van der Waals surface area contributed by atoms with Crippen LogP contribution in [0.1, 0.15) is 69.0 Å². The molecule has 1 aliphatic carbocycles. The predicted molar refractivity (Wildman–Crippen MR) is 109 cm³/mol. The Balaban J connectivity index is 1.38. The summed E-state index contributed by atoms with van der Waals surface area (Å²) in [6, 6.07) is 8.46. The van der Waals surface area contributed by atoms with E-state index in [1.54, 1.807) is 0 Å². The SMILES string of the molecule is CC1CCC(NC(=O)c2nc(-c3ccc(N4CCCCCC4)cc3)no2)CC1. The minimum absolute atomic E-state index is 0.0465. The molecule has 2 aliphatic rings. The van der Waals surface area contributed by atoms with E-state index >= 15 is 0 Å². The molecule has 1 saturated heterocycles. The minimum atomic E-state index is -0.264. The van der Waals surface area contributed by atoms with Crippen LogP contribution >= 0.6 is 0 Å². The highest BCUT2D eigenvalue weighted by atomic mass is 16.5. The second-order valence-corrected chi connectivity index (χ2v) is 8.30. The maximum atomic E-state index is 12.4. The highest BCUT2D eigenvalue weighted by Crippen LogP contribution is 2.25. The second-order valence-electron chi connectivity index (χ2n) is 8.30. The zero-order valence-electron chi connectivity index (χ0n) is 16.7. The number of nitrogens with one attached hydrogen (secondary N) is 1. The number of hydrogen-bond acceptors (Lipinski definition) is 5. The fourth-order valence-corrected chi connectivity index (χ4v) is 4.23. The van der Waals surface area contributed by atoms with Gasteiger partial charge >= 0.3 is 11.8 Å². The van der Waals surface area contributed by atoms with Crippen molar-refractivity contribution < 1.29 is 9.32 Å². The third kappa shape index (κ3) is 4.54. The van der Waals surface area contributed by atoms with E-state index in [1.165, 1.54) is 31.4 Å². The van der Waals surface area contributed by atoms with Gasteiger partial charge in [0.15, 0.2) is 0 Å². The molecule has 2 aromatic rings. The molecule has 28 heavy (non-hydrogen) atoms. The molecule has 6 heteroatoms. The molecule has 1 aliphatic heterocycles. The van der Waals surface area contributed by atoms with E-state index in [2.05, 4.69) is 39.4 Å². The van der Waals surface area contributed by atoms with E-state index in [0.717, 1.165) is 50.3 Å². The van der Waals surface area contributed by atoms with Gasteiger partial charge in [0.25, 0.3) is 0 Å². The van der Waals surface area contributed by atoms with Gasteiger partial charge in [0.1, 0.15) is 0 Å². The Morgan fingerprint density at radius 1 is 1.04 bits per heavy atom. The average Bonchev–Trinajstić information content (AvgIpc) is 3.06. The van der Waals surface area contributed by atoms with Crippen LogP contribution in [0.4, 0.5) is 5.69 Å². The topological polar surface area (TPSA) is 71.3 Å². The third-order valence-electron chi connectivity index (χ3n) is 6.07. The Bertz CT molecular complexity index is 770. The highest BCUT2D eigenvalue weighted by molar-refractivity contribution is 5.90. The van der Waals surface area contributed by atoms with Crippen LogP contribution in [0.3, 0.4) is 0 Å². The summed E-state index contributed by atoms with van der Waals surface area (Å²) in [5.41, 5.74) is 2.10. The lowest BCUT2D eigenvalue weighted by Crippen LogP contribution is -2.37. The Morgan fingerprint density at radius 3 is 2.39 bits per heavy atom. The maximum Gasteiger partial charge on any atom is 0.316 e. The van der Waals surface area contributed by atoms with Crippen LogP contribution in [0.25, 0.3) is 11.4 Å². The minimum Gasteiger partial charge on any atom is -0.372 e. The first-order valence-electron chi connectivity index (χ1n) is 10.7. The molecule has 1 amide bonds. The van der Waals surface area contributed by atoms with E-state index in [1.807, 2.05) is 12.1 Å². The zero-order chi connectivity index (χ0) is 19.3. The van der Waals surface area contributed by atoms with Crippen LogP contribution in [0.15, 0.2) is 28.8 Å². The Hall–Kier alpha value is -2.37. The summed E-state index contributed by atoms with van der Waals surface area (Å²) < 4.78 is 5.22. The maximum absolute atomic E-state index is 12.4. The second kappa shape index (κ2) is 8.76. The van der Waals surface area contributed by atoms with Crippen LogP contribution in [-0.4, -0.2) is 35.2 Å². The molecule has 0 radical (unpaired) electrons. The van der Waals surface area contributed by atoms with Gasteiger partial charge in [-0.2, -0.15) is 4.98 Å². The van der Waals surface area contributed by atoms with Crippen molar-refractivity contribution >= 4 is 11.6 Å². The van der Waals surface area contributed by atoms with Crippen LogP contribution in [0.2, 0.25) is 0 Å². The summed E-state index contributed by atoms with van der Waals surface area (Å²) in [6.07, 6.45) is 9.50. The van der Waals surface area contributed by atoms with E-state index in [0.29, 0.717) is 5.82 Å². The van der Waals surface area contributed by atoms with Gasteiger partial charge in [-0.15, -0.1) is 0 Å². The number of amides is 1. The number of carbonyl (C=O) groups excluding carboxylic acids is 1. The monoisotopic (exact) mass is 382 g/mol. The van der Waals surface area contributed by atoms with Gasteiger partial charge in [0.2, 0.25) is 5.82 Å². The first-order valence-corrected chi connectivity index (χ1v) is 10.7. The third-order valence-corrected chi connectivity index (χ3v) is 6.07. The van der Waals surface area contributed by atoms with Crippen LogP contribution < -0.4 is 10.2 Å². The fourth-order valence-electron chi connectivity index (χ4n) is 4.23. The van der Waals surface area contributed by atoms with Crippen LogP contribution in [0.5, 0.6) is 0 Å². The van der Waals surface area contributed by atoms with Crippen molar-refractivity contribution in [3.05, 3.63) is 30.2 Å². The molecule has 1 aromatic carbocycles. The molecule has 4 rings (SSSR count). The number of anilines is 1. The summed E-state index contributed by atoms with van der Waals surface area (Å²) >= 11 is 0. The van der Waals surface area contributed by atoms with Crippen molar-refractivity contribution in [1.82, 2.24) is 15.5 Å². The highest BCUT2D eigenvalue weighted by Gasteiger charge is 2.23. The smallest absolute Gasteiger partial charge is 0.316 e. The summed E-state index contributed by atoms with van der Waals surface area (Å²) in [5, 5.41) is 7.05. The summed E-state index contributed by atoms with van der Waals surface area (Å²) in [4.78, 5) is 19.2. The Kier molecular flexibility index (Phi) is 5.93. The first-order chi connectivity index (χ1) is 13.7. The molecule has 0 spiro atoms. The largest absolute Gasteiger partial charge is 0.372 e. The van der Waals surface area contributed by atoms with E-state index in [4.69, 9.17) is 4.52 Å². The van der Waals surface area contributed by atoms with Crippen molar-refractivity contribution in [2.24, 2.45) is 5.92 Å². The lowest BCUT2D eigenvalue weighted by molar-refractivity contribution is 0.0878. The molecule has 150 valence electrons. The lowest BCUT2D eigenvalue weighted by Gasteiger charge is -2.26. The lowest BCUT2D eigenvalue weighted by atomic mass is 9.87. The van der Waals surface area contributed by atoms with Gasteiger partial charge in [-0.05, 0) is 68.7 Å². The Morgan fingerprint density at radius 2 is 1.71 bits per heavy atom. The van der Waals surface area contributed by atoms with E-state index < -0.39 is 0 Å². The molecule has 2 fully saturated rings. The molecule has 0 bridgehead atoms. The number of hydrogen-bond donors (Lipinski definition) is 1. The number of benzene rings is 1. The summed E-state index contributed by atoms with van der Waals surface area (Å²) in [6.45, 7) is 4.50. The Labute approximate surface area is 166 Å². The summed E-state index contributed by atoms with van der Waals surface area (Å²) in [7, 11) is 0. The van der Waals surface area contributed by atoms with Crippen molar-refractivity contribution in [1.29, 1.82) is 0 Å². The normalized spacial score (nSPS) is 23.2. The molecule has 1 saturated carbocycles. The molecular formula is C22H30N4O2. The molecule has 1 aromatic heterocycles. The van der Waals surface area contributed by atoms with Gasteiger partial charge in [-0.3, -0.25) is 4.79 Å². The first kappa shape index (κ1) is 19.0. The van der Waals surface area contributed by atoms with Crippen LogP contribution in [0, 0.1) is 5.92 Å². The zero-order valence-corrected chi connectivity index (χ0v) is 16.7. The number of carbonyl (C=O) groups is 1. The number of rotatable bonds is 4. The molecule has 0 unspecified atom stereocenters. The van der Waals surface area contributed by atoms with E-state index in [9.17, 15) is 4.79 Å². The number of aromatic nitrogens is 2. The standard InChI is InChI=1S/C22H30N4O2/c1-16-6-10-18(11-7-16)23-21(27)22-24-20(25-28-22)17-8-12-19(13-9-17)26-14-4-2-3-5-15-26/h8-9,12-13,16,18H,2-7,10-11,14-15H2,1H3,(H,23,27). The van der Waals surface area contributed by atoms with Gasteiger partial charge in [0, 0.05) is 30.4 Å². The molecule has 6 nitrogen and oxygen atoms in total. The van der Waals surface area contributed by atoms with Gasteiger partial charge < -0.3 is 14.7 Å². The molecule has 0 atom stereocenters. The molecular weight excluding hydrogens is 352 g/mol. The number of nitrogens with zero attached hydrogens (tertiary/aromatic N) is 3. The van der Waals surface area contributed by atoms with Gasteiger partial charge in [-0.25, -0.2) is 0 Å². The van der Waals surface area contributed by atoms with Crippen molar-refractivity contribution in [2.75, 3.05) is 18.0 Å². The molecule has 2 heterocycles. The van der Waals surface area contributed by atoms with Crippen molar-refractivity contribution in [3.63, 3.8) is 0 Å². The fraction of sp³-hybridized carbons (Fsp3) is 0.591. The molecule has 1 N–H and O–H groups in total. The van der Waals surface area contributed by atoms with Gasteiger partial charge in [-0.1, -0.05) is 24.9 Å². The predicted octanol–water partition coefficient (Wildman–Crippen LogP) is 4.43.